The van der Waals surface area contributed by atoms with Crippen LogP contribution in [0.4, 0.5) is 5.69 Å². The Balaban J connectivity index is 1.58. The Hall–Kier alpha value is -3.10. The van der Waals surface area contributed by atoms with Crippen molar-refractivity contribution >= 4 is 34.7 Å². The summed E-state index contributed by atoms with van der Waals surface area (Å²) >= 11 is 2.96. The molecule has 0 fully saturated rings. The molecule has 1 N–H and O–H groups in total. The predicted octanol–water partition coefficient (Wildman–Crippen LogP) is 5.66. The molecule has 2 aromatic carbocycles. The van der Waals surface area contributed by atoms with E-state index < -0.39 is 0 Å². The Kier molecular flexibility index (Phi) is 6.62. The Labute approximate surface area is 195 Å². The number of hydrogen-bond donors (Lipinski definition) is 1. The van der Waals surface area contributed by atoms with Crippen molar-refractivity contribution in [3.05, 3.63) is 70.6 Å². The zero-order valence-corrected chi connectivity index (χ0v) is 20.0. The van der Waals surface area contributed by atoms with E-state index >= 15 is 0 Å². The quantitative estimate of drug-likeness (QED) is 0.357. The molecule has 0 aliphatic heterocycles. The van der Waals surface area contributed by atoms with Gasteiger partial charge in [-0.15, -0.1) is 21.5 Å². The summed E-state index contributed by atoms with van der Waals surface area (Å²) in [6.45, 7) is 6.07. The third-order valence-corrected chi connectivity index (χ3v) is 6.77. The Morgan fingerprint density at radius 3 is 2.44 bits per heavy atom. The number of ether oxygens (including phenoxy) is 1. The number of hydrogen-bond acceptors (Lipinski definition) is 6. The second-order valence-electron chi connectivity index (χ2n) is 7.43. The number of thioether (sulfide) groups is 1. The average molecular weight is 465 g/mol. The molecule has 0 aliphatic rings. The maximum Gasteiger partial charge on any atom is 0.234 e. The molecule has 0 saturated carbocycles. The molecule has 0 aliphatic carbocycles. The Morgan fingerprint density at radius 1 is 1.09 bits per heavy atom. The summed E-state index contributed by atoms with van der Waals surface area (Å²) in [5.74, 6) is 1.67. The highest BCUT2D eigenvalue weighted by Gasteiger charge is 2.18. The molecule has 0 atom stereocenters. The van der Waals surface area contributed by atoms with Gasteiger partial charge in [0, 0.05) is 5.69 Å². The van der Waals surface area contributed by atoms with Gasteiger partial charge < -0.3 is 10.1 Å². The SMILES string of the molecule is COc1ccc(-n2c(SCC(=O)Nc3c(C)cc(C)cc3C)nnc2-c2cccs2)cc1. The number of aromatic nitrogens is 3. The molecule has 0 saturated heterocycles. The second kappa shape index (κ2) is 9.58. The number of benzene rings is 2. The fourth-order valence-electron chi connectivity index (χ4n) is 3.58. The lowest BCUT2D eigenvalue weighted by molar-refractivity contribution is -0.113. The minimum Gasteiger partial charge on any atom is -0.497 e. The van der Waals surface area contributed by atoms with Crippen molar-refractivity contribution in [2.45, 2.75) is 25.9 Å². The summed E-state index contributed by atoms with van der Waals surface area (Å²) in [6.07, 6.45) is 0. The zero-order chi connectivity index (χ0) is 22.7. The summed E-state index contributed by atoms with van der Waals surface area (Å²) in [5, 5.41) is 14.5. The van der Waals surface area contributed by atoms with E-state index in [-0.39, 0.29) is 11.7 Å². The minimum atomic E-state index is -0.0768. The number of nitrogens with zero attached hydrogens (tertiary/aromatic N) is 3. The van der Waals surface area contributed by atoms with Gasteiger partial charge in [-0.3, -0.25) is 9.36 Å². The van der Waals surface area contributed by atoms with Crippen LogP contribution in [0.2, 0.25) is 0 Å². The number of thiophene rings is 1. The number of amides is 1. The van der Waals surface area contributed by atoms with Gasteiger partial charge in [0.2, 0.25) is 5.91 Å². The van der Waals surface area contributed by atoms with E-state index in [0.717, 1.165) is 39.0 Å². The average Bonchev–Trinajstić information content (AvgIpc) is 3.44. The van der Waals surface area contributed by atoms with Crippen molar-refractivity contribution < 1.29 is 9.53 Å². The van der Waals surface area contributed by atoms with Gasteiger partial charge in [-0.1, -0.05) is 35.5 Å². The fraction of sp³-hybridized carbons (Fsp3) is 0.208. The van der Waals surface area contributed by atoms with Gasteiger partial charge in [-0.05, 0) is 67.6 Å². The summed E-state index contributed by atoms with van der Waals surface area (Å²) in [7, 11) is 1.64. The molecule has 2 heterocycles. The highest BCUT2D eigenvalue weighted by molar-refractivity contribution is 7.99. The molecular weight excluding hydrogens is 440 g/mol. The molecule has 1 amide bonds. The van der Waals surface area contributed by atoms with Gasteiger partial charge in [-0.25, -0.2) is 0 Å². The van der Waals surface area contributed by atoms with Crippen LogP contribution in [0.5, 0.6) is 5.75 Å². The van der Waals surface area contributed by atoms with Crippen LogP contribution in [0.3, 0.4) is 0 Å². The van der Waals surface area contributed by atoms with Crippen LogP contribution in [0.15, 0.2) is 59.1 Å². The summed E-state index contributed by atoms with van der Waals surface area (Å²) in [5.41, 5.74) is 5.08. The molecule has 2 aromatic heterocycles. The summed E-state index contributed by atoms with van der Waals surface area (Å²) in [4.78, 5) is 13.7. The molecule has 0 unspecified atom stereocenters. The smallest absolute Gasteiger partial charge is 0.234 e. The number of aryl methyl sites for hydroxylation is 3. The van der Waals surface area contributed by atoms with Gasteiger partial charge in [0.15, 0.2) is 11.0 Å². The first-order valence-electron chi connectivity index (χ1n) is 10.1. The number of methoxy groups -OCH3 is 1. The fourth-order valence-corrected chi connectivity index (χ4v) is 5.03. The highest BCUT2D eigenvalue weighted by Crippen LogP contribution is 2.31. The molecule has 0 bridgehead atoms. The van der Waals surface area contributed by atoms with Gasteiger partial charge >= 0.3 is 0 Å². The standard InChI is InChI=1S/C24H24N4O2S2/c1-15-12-16(2)22(17(3)13-15)25-21(29)14-32-24-27-26-23(20-6-5-11-31-20)28(24)18-7-9-19(30-4)10-8-18/h5-13H,14H2,1-4H3,(H,25,29). The largest absolute Gasteiger partial charge is 0.497 e. The summed E-state index contributed by atoms with van der Waals surface area (Å²) < 4.78 is 7.26. The summed E-state index contributed by atoms with van der Waals surface area (Å²) in [6, 6.07) is 15.9. The van der Waals surface area contributed by atoms with Crippen molar-refractivity contribution in [2.24, 2.45) is 0 Å². The van der Waals surface area contributed by atoms with Crippen LogP contribution in [0.1, 0.15) is 16.7 Å². The van der Waals surface area contributed by atoms with E-state index in [1.807, 2.05) is 60.2 Å². The molecule has 4 aromatic rings. The van der Waals surface area contributed by atoms with E-state index in [1.54, 1.807) is 18.4 Å². The molecule has 6 nitrogen and oxygen atoms in total. The number of nitrogens with one attached hydrogen (secondary N) is 1. The van der Waals surface area contributed by atoms with Crippen LogP contribution >= 0.6 is 23.1 Å². The molecule has 32 heavy (non-hydrogen) atoms. The topological polar surface area (TPSA) is 69.0 Å². The first-order valence-corrected chi connectivity index (χ1v) is 12.0. The first-order chi connectivity index (χ1) is 15.5. The van der Waals surface area contributed by atoms with E-state index in [4.69, 9.17) is 4.74 Å². The lowest BCUT2D eigenvalue weighted by Gasteiger charge is -2.13. The van der Waals surface area contributed by atoms with Crippen LogP contribution in [0.25, 0.3) is 16.4 Å². The second-order valence-corrected chi connectivity index (χ2v) is 9.32. The zero-order valence-electron chi connectivity index (χ0n) is 18.4. The molecule has 0 spiro atoms. The van der Waals surface area contributed by atoms with E-state index in [1.165, 1.54) is 17.3 Å². The minimum absolute atomic E-state index is 0.0768. The van der Waals surface area contributed by atoms with Crippen molar-refractivity contribution in [2.75, 3.05) is 18.2 Å². The molecule has 164 valence electrons. The number of carbonyl (C=O) groups is 1. The van der Waals surface area contributed by atoms with Gasteiger partial charge in [0.25, 0.3) is 0 Å². The van der Waals surface area contributed by atoms with Gasteiger partial charge in [0.05, 0.1) is 23.4 Å². The van der Waals surface area contributed by atoms with Crippen molar-refractivity contribution in [1.82, 2.24) is 14.8 Å². The first kappa shape index (κ1) is 22.1. The van der Waals surface area contributed by atoms with Crippen molar-refractivity contribution in [3.63, 3.8) is 0 Å². The number of rotatable bonds is 7. The van der Waals surface area contributed by atoms with Crippen LogP contribution in [0, 0.1) is 20.8 Å². The van der Waals surface area contributed by atoms with Gasteiger partial charge in [-0.2, -0.15) is 0 Å². The molecule has 8 heteroatoms. The predicted molar refractivity (Wildman–Crippen MR) is 131 cm³/mol. The van der Waals surface area contributed by atoms with Crippen molar-refractivity contribution in [3.8, 4) is 22.1 Å². The van der Waals surface area contributed by atoms with Crippen LogP contribution in [-0.2, 0) is 4.79 Å². The normalized spacial score (nSPS) is 10.9. The third kappa shape index (κ3) is 4.71. The monoisotopic (exact) mass is 464 g/mol. The maximum absolute atomic E-state index is 12.7. The lowest BCUT2D eigenvalue weighted by atomic mass is 10.1. The molecular formula is C24H24N4O2S2. The van der Waals surface area contributed by atoms with Crippen molar-refractivity contribution in [1.29, 1.82) is 0 Å². The van der Waals surface area contributed by atoms with Crippen LogP contribution < -0.4 is 10.1 Å². The van der Waals surface area contributed by atoms with E-state index in [0.29, 0.717) is 5.16 Å². The van der Waals surface area contributed by atoms with E-state index in [2.05, 4.69) is 34.6 Å². The maximum atomic E-state index is 12.7. The van der Waals surface area contributed by atoms with Gasteiger partial charge in [0.1, 0.15) is 5.75 Å². The Morgan fingerprint density at radius 2 is 1.81 bits per heavy atom. The van der Waals surface area contributed by atoms with Crippen LogP contribution in [-0.4, -0.2) is 33.5 Å². The number of anilines is 1. The highest BCUT2D eigenvalue weighted by atomic mass is 32.2. The number of carbonyl (C=O) groups excluding carboxylic acids is 1. The van der Waals surface area contributed by atoms with E-state index in [9.17, 15) is 4.79 Å². The Bertz CT molecular complexity index is 1210. The molecule has 4 rings (SSSR count). The third-order valence-electron chi connectivity index (χ3n) is 4.98. The lowest BCUT2D eigenvalue weighted by Crippen LogP contribution is -2.16. The molecule has 0 radical (unpaired) electrons.